The van der Waals surface area contributed by atoms with Crippen molar-refractivity contribution in [2.75, 3.05) is 17.8 Å². The summed E-state index contributed by atoms with van der Waals surface area (Å²) in [5, 5.41) is 4.21. The largest absolute Gasteiger partial charge is 0.302 e. The Morgan fingerprint density at radius 1 is 1.24 bits per heavy atom. The molecule has 8 heteroatoms. The number of hydrogen-bond acceptors (Lipinski definition) is 4. The summed E-state index contributed by atoms with van der Waals surface area (Å²) in [4.78, 5) is 4.09. The monoisotopic (exact) mass is 309 g/mol. The molecule has 0 aliphatic carbocycles. The quantitative estimate of drug-likeness (QED) is 0.930. The Morgan fingerprint density at radius 3 is 2.62 bits per heavy atom. The molecular weight excluding hydrogens is 290 g/mol. The summed E-state index contributed by atoms with van der Waals surface area (Å²) in [5.41, 5.74) is 1.69. The molecule has 21 heavy (non-hydrogen) atoms. The van der Waals surface area contributed by atoms with Crippen molar-refractivity contribution in [3.63, 3.8) is 0 Å². The average molecular weight is 309 g/mol. The SMILES string of the molecule is CC(C)c1ccc2c(NS(=O)(=O)N3CCCC3)ncnn12. The first kappa shape index (κ1) is 14.3. The van der Waals surface area contributed by atoms with E-state index < -0.39 is 10.2 Å². The van der Waals surface area contributed by atoms with E-state index in [9.17, 15) is 8.42 Å². The summed E-state index contributed by atoms with van der Waals surface area (Å²) in [5.74, 6) is 0.620. The molecule has 2 aromatic heterocycles. The molecule has 0 atom stereocenters. The van der Waals surface area contributed by atoms with E-state index in [0.717, 1.165) is 18.5 Å². The molecular formula is C13H19N5O2S. The number of nitrogens with zero attached hydrogens (tertiary/aromatic N) is 4. The summed E-state index contributed by atoms with van der Waals surface area (Å²) in [7, 11) is -3.54. The normalized spacial score (nSPS) is 16.9. The molecule has 1 fully saturated rings. The maximum Gasteiger partial charge on any atom is 0.302 e. The zero-order chi connectivity index (χ0) is 15.0. The van der Waals surface area contributed by atoms with Gasteiger partial charge in [-0.2, -0.15) is 17.8 Å². The van der Waals surface area contributed by atoms with Gasteiger partial charge >= 0.3 is 10.2 Å². The lowest BCUT2D eigenvalue weighted by Gasteiger charge is -2.16. The molecule has 1 aliphatic heterocycles. The third kappa shape index (κ3) is 2.60. The van der Waals surface area contributed by atoms with Crippen LogP contribution in [0.2, 0.25) is 0 Å². The molecule has 0 bridgehead atoms. The third-order valence-corrected chi connectivity index (χ3v) is 5.20. The van der Waals surface area contributed by atoms with Crippen LogP contribution in [-0.4, -0.2) is 40.4 Å². The molecule has 0 radical (unpaired) electrons. The van der Waals surface area contributed by atoms with Gasteiger partial charge in [-0.25, -0.2) is 9.50 Å². The van der Waals surface area contributed by atoms with Crippen LogP contribution < -0.4 is 4.72 Å². The zero-order valence-corrected chi connectivity index (χ0v) is 13.0. The van der Waals surface area contributed by atoms with E-state index >= 15 is 0 Å². The number of aromatic nitrogens is 3. The standard InChI is InChI=1S/C13H19N5O2S/c1-10(2)11-5-6-12-13(14-9-15-18(11)12)16-21(19,20)17-7-3-4-8-17/h5-6,9-10H,3-4,7-8H2,1-2H3,(H,14,15,16). The number of rotatable bonds is 4. The van der Waals surface area contributed by atoms with Crippen LogP contribution in [0.5, 0.6) is 0 Å². The summed E-state index contributed by atoms with van der Waals surface area (Å²) >= 11 is 0. The molecule has 0 amide bonds. The van der Waals surface area contributed by atoms with Crippen molar-refractivity contribution in [3.05, 3.63) is 24.2 Å². The van der Waals surface area contributed by atoms with Gasteiger partial charge in [-0.15, -0.1) is 0 Å². The molecule has 0 unspecified atom stereocenters. The summed E-state index contributed by atoms with van der Waals surface area (Å²) in [6, 6.07) is 3.79. The second-order valence-electron chi connectivity index (χ2n) is 5.53. The van der Waals surface area contributed by atoms with Crippen LogP contribution in [0.25, 0.3) is 5.52 Å². The van der Waals surface area contributed by atoms with E-state index in [2.05, 4.69) is 28.7 Å². The van der Waals surface area contributed by atoms with Crippen LogP contribution in [0.3, 0.4) is 0 Å². The van der Waals surface area contributed by atoms with Crippen LogP contribution in [0.4, 0.5) is 5.82 Å². The van der Waals surface area contributed by atoms with Crippen molar-refractivity contribution in [1.82, 2.24) is 18.9 Å². The molecule has 1 saturated heterocycles. The van der Waals surface area contributed by atoms with E-state index in [-0.39, 0.29) is 0 Å². The maximum atomic E-state index is 12.3. The van der Waals surface area contributed by atoms with Gasteiger partial charge in [-0.1, -0.05) is 13.8 Å². The van der Waals surface area contributed by atoms with Crippen molar-refractivity contribution in [1.29, 1.82) is 0 Å². The topological polar surface area (TPSA) is 79.6 Å². The number of hydrogen-bond donors (Lipinski definition) is 1. The lowest BCUT2D eigenvalue weighted by molar-refractivity contribution is 0.482. The minimum absolute atomic E-state index is 0.297. The first-order valence-electron chi connectivity index (χ1n) is 7.09. The number of nitrogens with one attached hydrogen (secondary N) is 1. The fourth-order valence-electron chi connectivity index (χ4n) is 2.58. The van der Waals surface area contributed by atoms with Crippen LogP contribution in [0.15, 0.2) is 18.5 Å². The zero-order valence-electron chi connectivity index (χ0n) is 12.2. The summed E-state index contributed by atoms with van der Waals surface area (Å²) in [6.45, 7) is 5.26. The minimum Gasteiger partial charge on any atom is -0.253 e. The Kier molecular flexibility index (Phi) is 3.58. The molecule has 3 heterocycles. The molecule has 3 rings (SSSR count). The lowest BCUT2D eigenvalue weighted by atomic mass is 10.1. The molecule has 0 saturated carbocycles. The maximum absolute atomic E-state index is 12.3. The van der Waals surface area contributed by atoms with E-state index in [1.165, 1.54) is 10.6 Å². The van der Waals surface area contributed by atoms with Gasteiger partial charge in [0.15, 0.2) is 5.82 Å². The minimum atomic E-state index is -3.54. The Labute approximate surface area is 124 Å². The van der Waals surface area contributed by atoms with Crippen molar-refractivity contribution in [2.24, 2.45) is 0 Å². The Bertz CT molecular complexity index is 747. The highest BCUT2D eigenvalue weighted by molar-refractivity contribution is 7.90. The van der Waals surface area contributed by atoms with E-state index in [4.69, 9.17) is 0 Å². The summed E-state index contributed by atoms with van der Waals surface area (Å²) in [6.07, 6.45) is 3.19. The second kappa shape index (κ2) is 5.27. The van der Waals surface area contributed by atoms with Gasteiger partial charge in [0.2, 0.25) is 0 Å². The number of anilines is 1. The van der Waals surface area contributed by atoms with Crippen molar-refractivity contribution in [2.45, 2.75) is 32.6 Å². The van der Waals surface area contributed by atoms with Gasteiger partial charge in [-0.05, 0) is 30.9 Å². The highest BCUT2D eigenvalue weighted by Gasteiger charge is 2.26. The molecule has 2 aromatic rings. The van der Waals surface area contributed by atoms with Gasteiger partial charge in [0.25, 0.3) is 0 Å². The van der Waals surface area contributed by atoms with E-state index in [1.807, 2.05) is 12.1 Å². The third-order valence-electron chi connectivity index (χ3n) is 3.70. The van der Waals surface area contributed by atoms with Crippen molar-refractivity contribution < 1.29 is 8.42 Å². The molecule has 0 spiro atoms. The molecule has 0 aromatic carbocycles. The smallest absolute Gasteiger partial charge is 0.253 e. The van der Waals surface area contributed by atoms with Crippen LogP contribution in [-0.2, 0) is 10.2 Å². The van der Waals surface area contributed by atoms with Crippen molar-refractivity contribution >= 4 is 21.5 Å². The highest BCUT2D eigenvalue weighted by atomic mass is 32.2. The van der Waals surface area contributed by atoms with Crippen molar-refractivity contribution in [3.8, 4) is 0 Å². The van der Waals surface area contributed by atoms with Gasteiger partial charge in [0, 0.05) is 18.8 Å². The van der Waals surface area contributed by atoms with Gasteiger partial charge in [0.05, 0.1) is 0 Å². The van der Waals surface area contributed by atoms with Gasteiger partial charge in [0.1, 0.15) is 11.8 Å². The fraction of sp³-hybridized carbons (Fsp3) is 0.538. The van der Waals surface area contributed by atoms with Crippen LogP contribution >= 0.6 is 0 Å². The van der Waals surface area contributed by atoms with Crippen LogP contribution in [0.1, 0.15) is 38.3 Å². The molecule has 1 aliphatic rings. The molecule has 7 nitrogen and oxygen atoms in total. The first-order valence-corrected chi connectivity index (χ1v) is 8.53. The van der Waals surface area contributed by atoms with E-state index in [1.54, 1.807) is 4.52 Å². The highest BCUT2D eigenvalue weighted by Crippen LogP contribution is 2.23. The Hall–Kier alpha value is -1.67. The van der Waals surface area contributed by atoms with E-state index in [0.29, 0.717) is 30.3 Å². The van der Waals surface area contributed by atoms with Crippen LogP contribution in [0, 0.1) is 0 Å². The Balaban J connectivity index is 1.97. The summed E-state index contributed by atoms with van der Waals surface area (Å²) < 4.78 is 30.4. The van der Waals surface area contributed by atoms with Gasteiger partial charge in [-0.3, -0.25) is 4.72 Å². The molecule has 1 N–H and O–H groups in total. The Morgan fingerprint density at radius 2 is 1.95 bits per heavy atom. The first-order chi connectivity index (χ1) is 9.99. The molecule has 114 valence electrons. The second-order valence-corrected chi connectivity index (χ2v) is 7.20. The predicted octanol–water partition coefficient (Wildman–Crippen LogP) is 1.61. The average Bonchev–Trinajstić information content (AvgIpc) is 3.08. The number of fused-ring (bicyclic) bond motifs is 1. The lowest BCUT2D eigenvalue weighted by Crippen LogP contribution is -2.33. The predicted molar refractivity (Wildman–Crippen MR) is 80.4 cm³/mol. The van der Waals surface area contributed by atoms with Gasteiger partial charge < -0.3 is 0 Å². The fourth-order valence-corrected chi connectivity index (χ4v) is 3.85.